The van der Waals surface area contributed by atoms with Crippen molar-refractivity contribution >= 4 is 23.6 Å². The monoisotopic (exact) mass is 454 g/mol. The topological polar surface area (TPSA) is 50.7 Å². The van der Waals surface area contributed by atoms with Crippen LogP contribution >= 0.6 is 11.6 Å². The van der Waals surface area contributed by atoms with Gasteiger partial charge in [-0.1, -0.05) is 73.3 Å². The lowest BCUT2D eigenvalue weighted by Gasteiger charge is -2.24. The maximum Gasteiger partial charge on any atom is 0.142 e. The maximum atomic E-state index is 10.4. The molecule has 5 heteroatoms. The molecule has 0 atom stereocenters. The Kier molecular flexibility index (Phi) is 9.76. The Labute approximate surface area is 197 Å². The molecule has 0 bridgehead atoms. The number of aryl methyl sites for hydroxylation is 1. The third-order valence-corrected chi connectivity index (χ3v) is 6.64. The van der Waals surface area contributed by atoms with Crippen molar-refractivity contribution in [2.75, 3.05) is 6.54 Å². The molecule has 4 nitrogen and oxygen atoms in total. The Morgan fingerprint density at radius 1 is 1.16 bits per heavy atom. The Hall–Kier alpha value is -2.17. The maximum absolute atomic E-state index is 10.4. The Balaban J connectivity index is 1.58. The number of hydrogen-bond acceptors (Lipinski definition) is 4. The van der Waals surface area contributed by atoms with Gasteiger partial charge in [0.1, 0.15) is 12.9 Å². The summed E-state index contributed by atoms with van der Waals surface area (Å²) in [5.74, 6) is 0.724. The summed E-state index contributed by atoms with van der Waals surface area (Å²) in [6.07, 6.45) is 9.20. The molecule has 0 amide bonds. The molecule has 3 rings (SSSR count). The second-order valence-corrected chi connectivity index (χ2v) is 9.02. The number of nitrogens with zero attached hydrogens (tertiary/aromatic N) is 1. The summed E-state index contributed by atoms with van der Waals surface area (Å²) in [6, 6.07) is 12.7. The van der Waals surface area contributed by atoms with E-state index < -0.39 is 0 Å². The minimum atomic E-state index is 0.460. The number of oxime groups is 1. The number of carbonyl (C=O) groups is 1. The van der Waals surface area contributed by atoms with Crippen molar-refractivity contribution in [1.82, 2.24) is 5.32 Å². The fourth-order valence-corrected chi connectivity index (χ4v) is 4.67. The number of halogens is 1. The van der Waals surface area contributed by atoms with Gasteiger partial charge in [-0.25, -0.2) is 0 Å². The molecule has 0 saturated heterocycles. The number of benzene rings is 2. The van der Waals surface area contributed by atoms with Crippen molar-refractivity contribution in [3.8, 4) is 0 Å². The summed E-state index contributed by atoms with van der Waals surface area (Å²) in [5.41, 5.74) is 6.87. The Morgan fingerprint density at radius 3 is 2.69 bits per heavy atom. The van der Waals surface area contributed by atoms with Crippen LogP contribution in [-0.2, 0) is 29.2 Å². The predicted octanol–water partition coefficient (Wildman–Crippen LogP) is 6.57. The van der Waals surface area contributed by atoms with E-state index in [2.05, 4.69) is 35.6 Å². The van der Waals surface area contributed by atoms with Crippen LogP contribution < -0.4 is 5.32 Å². The van der Waals surface area contributed by atoms with E-state index in [9.17, 15) is 4.79 Å². The van der Waals surface area contributed by atoms with Gasteiger partial charge >= 0.3 is 0 Å². The highest BCUT2D eigenvalue weighted by atomic mass is 35.5. The van der Waals surface area contributed by atoms with E-state index in [0.717, 1.165) is 41.0 Å². The molecule has 0 heterocycles. The normalized spacial score (nSPS) is 15.0. The summed E-state index contributed by atoms with van der Waals surface area (Å²) in [6.45, 7) is 5.91. The van der Waals surface area contributed by atoms with E-state index >= 15 is 0 Å². The minimum absolute atomic E-state index is 0.460. The average Bonchev–Trinajstić information content (AvgIpc) is 2.83. The molecule has 2 aromatic carbocycles. The molecule has 1 aliphatic rings. The number of aldehydes is 1. The molecule has 0 aromatic heterocycles. The summed E-state index contributed by atoms with van der Waals surface area (Å²) in [5, 5.41) is 8.21. The van der Waals surface area contributed by atoms with Crippen LogP contribution in [0.25, 0.3) is 0 Å². The lowest BCUT2D eigenvalue weighted by molar-refractivity contribution is -0.107. The van der Waals surface area contributed by atoms with Crippen LogP contribution in [-0.4, -0.2) is 18.5 Å². The van der Waals surface area contributed by atoms with Crippen LogP contribution in [0, 0.1) is 0 Å². The number of carbonyl (C=O) groups excluding carboxylic acids is 1. The van der Waals surface area contributed by atoms with E-state index in [1.54, 1.807) is 0 Å². The van der Waals surface area contributed by atoms with E-state index in [0.29, 0.717) is 31.1 Å². The van der Waals surface area contributed by atoms with Gasteiger partial charge in [-0.05, 0) is 60.4 Å². The molecule has 0 spiro atoms. The Morgan fingerprint density at radius 2 is 1.97 bits per heavy atom. The smallest absolute Gasteiger partial charge is 0.142 e. The third kappa shape index (κ3) is 6.91. The highest BCUT2D eigenvalue weighted by Gasteiger charge is 2.18. The first-order valence-electron chi connectivity index (χ1n) is 11.8. The highest BCUT2D eigenvalue weighted by Crippen LogP contribution is 2.35. The molecule has 0 radical (unpaired) electrons. The molecule has 1 aliphatic carbocycles. The van der Waals surface area contributed by atoms with Gasteiger partial charge in [-0.3, -0.25) is 0 Å². The van der Waals surface area contributed by atoms with Gasteiger partial charge in [-0.2, -0.15) is 0 Å². The van der Waals surface area contributed by atoms with Gasteiger partial charge < -0.3 is 14.9 Å². The van der Waals surface area contributed by atoms with Crippen molar-refractivity contribution < 1.29 is 9.63 Å². The number of rotatable bonds is 11. The summed E-state index contributed by atoms with van der Waals surface area (Å²) < 4.78 is 0. The van der Waals surface area contributed by atoms with Crippen molar-refractivity contribution in [2.24, 2.45) is 5.16 Å². The molecule has 1 fully saturated rings. The van der Waals surface area contributed by atoms with Gasteiger partial charge in [-0.15, -0.1) is 0 Å². The third-order valence-electron chi connectivity index (χ3n) is 6.29. The lowest BCUT2D eigenvalue weighted by atomic mass is 9.81. The molecular weight excluding hydrogens is 420 g/mol. The van der Waals surface area contributed by atoms with Crippen molar-refractivity contribution in [1.29, 1.82) is 0 Å². The van der Waals surface area contributed by atoms with Gasteiger partial charge in [0.2, 0.25) is 0 Å². The standard InChI is InChI=1S/C27H35ClN2O2/c1-3-22-16-21(10-13-26(22)23-8-5-4-6-9-23)19-32-30-20(2)24-11-12-25(27(28)17-24)18-29-14-7-15-31/h10-13,15-17,23,29H,3-9,14,18-19H2,1-2H3/b30-20+. The molecule has 0 aliphatic heterocycles. The SMILES string of the molecule is CCc1cc(CO/N=C(\C)c2ccc(CNCCC=O)c(Cl)c2)ccc1C1CCCCC1. The highest BCUT2D eigenvalue weighted by molar-refractivity contribution is 6.31. The zero-order chi connectivity index (χ0) is 22.8. The van der Waals surface area contributed by atoms with Crippen molar-refractivity contribution in [3.63, 3.8) is 0 Å². The molecule has 2 aromatic rings. The summed E-state index contributed by atoms with van der Waals surface area (Å²) >= 11 is 6.42. The second-order valence-electron chi connectivity index (χ2n) is 8.61. The zero-order valence-electron chi connectivity index (χ0n) is 19.3. The second kappa shape index (κ2) is 12.8. The van der Waals surface area contributed by atoms with Crippen molar-refractivity contribution in [3.05, 3.63) is 69.2 Å². The van der Waals surface area contributed by atoms with E-state index in [1.807, 2.05) is 25.1 Å². The van der Waals surface area contributed by atoms with Crippen LogP contribution in [0.3, 0.4) is 0 Å². The molecule has 1 saturated carbocycles. The van der Waals surface area contributed by atoms with E-state index in [4.69, 9.17) is 16.4 Å². The summed E-state index contributed by atoms with van der Waals surface area (Å²) in [7, 11) is 0. The summed E-state index contributed by atoms with van der Waals surface area (Å²) in [4.78, 5) is 16.1. The largest absolute Gasteiger partial charge is 0.391 e. The van der Waals surface area contributed by atoms with Crippen LogP contribution in [0.1, 0.15) is 86.1 Å². The first kappa shape index (κ1) is 24.5. The number of nitrogens with one attached hydrogen (secondary N) is 1. The van der Waals surface area contributed by atoms with Gasteiger partial charge in [0.15, 0.2) is 0 Å². The molecule has 1 N–H and O–H groups in total. The quantitative estimate of drug-likeness (QED) is 0.181. The van der Waals surface area contributed by atoms with Crippen LogP contribution in [0.4, 0.5) is 0 Å². The zero-order valence-corrected chi connectivity index (χ0v) is 20.1. The van der Waals surface area contributed by atoms with Crippen LogP contribution in [0.5, 0.6) is 0 Å². The number of hydrogen-bond donors (Lipinski definition) is 1. The van der Waals surface area contributed by atoms with E-state index in [-0.39, 0.29) is 0 Å². The molecule has 32 heavy (non-hydrogen) atoms. The van der Waals surface area contributed by atoms with Gasteiger partial charge in [0.05, 0.1) is 5.71 Å². The lowest BCUT2D eigenvalue weighted by Crippen LogP contribution is -2.15. The molecular formula is C27H35ClN2O2. The van der Waals surface area contributed by atoms with Crippen molar-refractivity contribution in [2.45, 2.75) is 77.9 Å². The first-order chi connectivity index (χ1) is 15.6. The van der Waals surface area contributed by atoms with Gasteiger partial charge in [0.25, 0.3) is 0 Å². The first-order valence-corrected chi connectivity index (χ1v) is 12.2. The van der Waals surface area contributed by atoms with Crippen LogP contribution in [0.15, 0.2) is 41.6 Å². The fourth-order valence-electron chi connectivity index (χ4n) is 4.42. The average molecular weight is 455 g/mol. The molecule has 0 unspecified atom stereocenters. The predicted molar refractivity (Wildman–Crippen MR) is 132 cm³/mol. The molecule has 172 valence electrons. The van der Waals surface area contributed by atoms with Gasteiger partial charge in [0, 0.05) is 30.1 Å². The fraction of sp³-hybridized carbons (Fsp3) is 0.481. The van der Waals surface area contributed by atoms with E-state index in [1.165, 1.54) is 43.2 Å². The Bertz CT molecular complexity index is 920. The van der Waals surface area contributed by atoms with Crippen LogP contribution in [0.2, 0.25) is 5.02 Å². The minimum Gasteiger partial charge on any atom is -0.391 e.